The third kappa shape index (κ3) is 3.33. The molecule has 0 atom stereocenters. The summed E-state index contributed by atoms with van der Waals surface area (Å²) in [6.45, 7) is 1.64. The molecule has 3 rings (SSSR count). The summed E-state index contributed by atoms with van der Waals surface area (Å²) < 4.78 is 41.1. The number of fused-ring (bicyclic) bond motifs is 1. The summed E-state index contributed by atoms with van der Waals surface area (Å²) >= 11 is 0. The van der Waals surface area contributed by atoms with Crippen molar-refractivity contribution in [2.45, 2.75) is 19.9 Å². The maximum absolute atomic E-state index is 14.1. The molecule has 2 heterocycles. The highest BCUT2D eigenvalue weighted by atomic mass is 19.3. The van der Waals surface area contributed by atoms with E-state index in [-0.39, 0.29) is 17.7 Å². The Morgan fingerprint density at radius 1 is 1.28 bits per heavy atom. The van der Waals surface area contributed by atoms with Crippen molar-refractivity contribution >= 4 is 16.7 Å². The van der Waals surface area contributed by atoms with Crippen molar-refractivity contribution in [2.75, 3.05) is 5.32 Å². The first kappa shape index (κ1) is 16.9. The average molecular weight is 348 g/mol. The molecule has 0 aliphatic heterocycles. The van der Waals surface area contributed by atoms with Crippen LogP contribution in [0, 0.1) is 12.7 Å². The summed E-state index contributed by atoms with van der Waals surface area (Å²) in [4.78, 5) is 20.2. The molecule has 0 spiro atoms. The van der Waals surface area contributed by atoms with Crippen LogP contribution in [0.3, 0.4) is 0 Å². The zero-order valence-corrected chi connectivity index (χ0v) is 13.6. The molecule has 0 fully saturated rings. The molecule has 1 aromatic carbocycles. The summed E-state index contributed by atoms with van der Waals surface area (Å²) in [5, 5.41) is 3.53. The fourth-order valence-corrected chi connectivity index (χ4v) is 2.53. The largest absolute Gasteiger partial charge is 0.365 e. The Morgan fingerprint density at radius 3 is 2.76 bits per heavy atom. The van der Waals surface area contributed by atoms with E-state index in [0.29, 0.717) is 22.5 Å². The molecule has 0 saturated carbocycles. The quantitative estimate of drug-likeness (QED) is 0.786. The number of pyridine rings is 1. The highest BCUT2D eigenvalue weighted by molar-refractivity contribution is 5.88. The third-order valence-electron chi connectivity index (χ3n) is 3.81. The third-order valence-corrected chi connectivity index (χ3v) is 3.81. The number of aromatic nitrogens is 3. The molecule has 2 aromatic heterocycles. The van der Waals surface area contributed by atoms with Gasteiger partial charge in [-0.25, -0.2) is 23.1 Å². The van der Waals surface area contributed by atoms with Crippen molar-refractivity contribution in [1.29, 1.82) is 0 Å². The van der Waals surface area contributed by atoms with Gasteiger partial charge < -0.3 is 9.88 Å². The van der Waals surface area contributed by atoms with Gasteiger partial charge in [0, 0.05) is 31.4 Å². The number of aryl methyl sites for hydroxylation is 2. The van der Waals surface area contributed by atoms with Crippen LogP contribution in [0.15, 0.2) is 35.3 Å². The minimum atomic E-state index is -2.88. The summed E-state index contributed by atoms with van der Waals surface area (Å²) in [6.07, 6.45) is -1.30. The Kier molecular flexibility index (Phi) is 4.43. The number of nitrogens with one attached hydrogen (secondary N) is 1. The van der Waals surface area contributed by atoms with Crippen LogP contribution >= 0.6 is 0 Å². The van der Waals surface area contributed by atoms with Crippen molar-refractivity contribution in [3.05, 3.63) is 63.6 Å². The van der Waals surface area contributed by atoms with Gasteiger partial charge in [0.25, 0.3) is 12.0 Å². The first-order valence-electron chi connectivity index (χ1n) is 7.51. The van der Waals surface area contributed by atoms with Crippen molar-refractivity contribution in [1.82, 2.24) is 14.5 Å². The van der Waals surface area contributed by atoms with E-state index in [9.17, 15) is 18.0 Å². The van der Waals surface area contributed by atoms with Crippen LogP contribution in [0.5, 0.6) is 0 Å². The predicted octanol–water partition coefficient (Wildman–Crippen LogP) is 3.33. The van der Waals surface area contributed by atoms with E-state index >= 15 is 0 Å². The summed E-state index contributed by atoms with van der Waals surface area (Å²) in [5.41, 5.74) is -0.287. The van der Waals surface area contributed by atoms with E-state index in [4.69, 9.17) is 0 Å². The van der Waals surface area contributed by atoms with Gasteiger partial charge in [-0.1, -0.05) is 18.2 Å². The SMILES string of the molecule is Cc1nc(NCc2cccc(C(F)F)c2F)c2cn(C)c(=O)cc2n1. The van der Waals surface area contributed by atoms with Crippen LogP contribution in [-0.2, 0) is 13.6 Å². The van der Waals surface area contributed by atoms with E-state index in [0.717, 1.165) is 6.07 Å². The second kappa shape index (κ2) is 6.54. The summed E-state index contributed by atoms with van der Waals surface area (Å²) in [7, 11) is 1.59. The maximum atomic E-state index is 14.1. The zero-order chi connectivity index (χ0) is 18.1. The van der Waals surface area contributed by atoms with E-state index in [2.05, 4.69) is 15.3 Å². The summed E-state index contributed by atoms with van der Waals surface area (Å²) in [5.74, 6) is -0.0995. The van der Waals surface area contributed by atoms with Crippen molar-refractivity contribution in [3.63, 3.8) is 0 Å². The summed E-state index contributed by atoms with van der Waals surface area (Å²) in [6, 6.07) is 5.26. The van der Waals surface area contributed by atoms with Crippen molar-refractivity contribution in [2.24, 2.45) is 7.05 Å². The van der Waals surface area contributed by atoms with Crippen molar-refractivity contribution in [3.8, 4) is 0 Å². The van der Waals surface area contributed by atoms with Gasteiger partial charge in [-0.05, 0) is 6.92 Å². The number of halogens is 3. The fourth-order valence-electron chi connectivity index (χ4n) is 2.53. The zero-order valence-electron chi connectivity index (χ0n) is 13.6. The van der Waals surface area contributed by atoms with E-state index in [1.807, 2.05) is 0 Å². The lowest BCUT2D eigenvalue weighted by Crippen LogP contribution is -2.16. The minimum Gasteiger partial charge on any atom is -0.365 e. The van der Waals surface area contributed by atoms with Gasteiger partial charge in [0.1, 0.15) is 17.5 Å². The molecule has 1 N–H and O–H groups in total. The number of hydrogen-bond donors (Lipinski definition) is 1. The number of rotatable bonds is 4. The van der Waals surface area contributed by atoms with Gasteiger partial charge in [-0.2, -0.15) is 0 Å². The van der Waals surface area contributed by atoms with Gasteiger partial charge in [-0.15, -0.1) is 0 Å². The van der Waals surface area contributed by atoms with Crippen LogP contribution in [0.2, 0.25) is 0 Å². The first-order chi connectivity index (χ1) is 11.9. The molecule has 0 aliphatic carbocycles. The molecule has 0 bridgehead atoms. The molecule has 0 aliphatic rings. The molecular weight excluding hydrogens is 333 g/mol. The topological polar surface area (TPSA) is 59.8 Å². The lowest BCUT2D eigenvalue weighted by molar-refractivity contribution is 0.146. The van der Waals surface area contributed by atoms with E-state index < -0.39 is 17.8 Å². The highest BCUT2D eigenvalue weighted by Gasteiger charge is 2.16. The molecule has 3 aromatic rings. The first-order valence-corrected chi connectivity index (χ1v) is 7.51. The predicted molar refractivity (Wildman–Crippen MR) is 88.2 cm³/mol. The lowest BCUT2D eigenvalue weighted by Gasteiger charge is -2.12. The second-order valence-corrected chi connectivity index (χ2v) is 5.62. The molecule has 0 amide bonds. The minimum absolute atomic E-state index is 0.0270. The Morgan fingerprint density at radius 2 is 2.04 bits per heavy atom. The van der Waals surface area contributed by atoms with Gasteiger partial charge in [0.2, 0.25) is 0 Å². The molecular formula is C17H15F3N4O. The van der Waals surface area contributed by atoms with Crippen LogP contribution in [0.1, 0.15) is 23.4 Å². The molecule has 0 saturated heterocycles. The van der Waals surface area contributed by atoms with Crippen LogP contribution < -0.4 is 10.9 Å². The van der Waals surface area contributed by atoms with Crippen LogP contribution in [-0.4, -0.2) is 14.5 Å². The second-order valence-electron chi connectivity index (χ2n) is 5.62. The fraction of sp³-hybridized carbons (Fsp3) is 0.235. The molecule has 25 heavy (non-hydrogen) atoms. The highest BCUT2D eigenvalue weighted by Crippen LogP contribution is 2.25. The van der Waals surface area contributed by atoms with Crippen LogP contribution in [0.4, 0.5) is 19.0 Å². The van der Waals surface area contributed by atoms with Crippen LogP contribution in [0.25, 0.3) is 10.9 Å². The van der Waals surface area contributed by atoms with Gasteiger partial charge in [0.05, 0.1) is 16.5 Å². The van der Waals surface area contributed by atoms with Gasteiger partial charge in [0.15, 0.2) is 0 Å². The number of nitrogens with zero attached hydrogens (tertiary/aromatic N) is 3. The standard InChI is InChI=1S/C17H15F3N4O/c1-9-22-13-6-14(25)24(2)8-12(13)17(23-9)21-7-10-4-3-5-11(15(10)18)16(19)20/h3-6,8,16H,7H2,1-2H3,(H,21,22,23). The Labute approximate surface area is 141 Å². The van der Waals surface area contributed by atoms with E-state index in [1.54, 1.807) is 20.2 Å². The van der Waals surface area contributed by atoms with Gasteiger partial charge in [-0.3, -0.25) is 4.79 Å². The Hall–Kier alpha value is -2.90. The number of benzene rings is 1. The molecule has 0 radical (unpaired) electrons. The molecule has 130 valence electrons. The smallest absolute Gasteiger partial charge is 0.266 e. The molecule has 5 nitrogen and oxygen atoms in total. The van der Waals surface area contributed by atoms with Gasteiger partial charge >= 0.3 is 0 Å². The van der Waals surface area contributed by atoms with Crippen molar-refractivity contribution < 1.29 is 13.2 Å². The average Bonchev–Trinajstić information content (AvgIpc) is 2.55. The molecule has 8 heteroatoms. The number of alkyl halides is 2. The Balaban J connectivity index is 1.98. The molecule has 0 unspecified atom stereocenters. The maximum Gasteiger partial charge on any atom is 0.266 e. The van der Waals surface area contributed by atoms with E-state index in [1.165, 1.54) is 22.8 Å². The lowest BCUT2D eigenvalue weighted by atomic mass is 10.1. The monoisotopic (exact) mass is 348 g/mol. The Bertz CT molecular complexity index is 1000. The number of hydrogen-bond acceptors (Lipinski definition) is 4. The normalized spacial score (nSPS) is 11.3. The number of anilines is 1.